The topological polar surface area (TPSA) is 182 Å². The highest BCUT2D eigenvalue weighted by Crippen LogP contribution is 2.35. The molecule has 18 heteroatoms. The van der Waals surface area contributed by atoms with Crippen molar-refractivity contribution >= 4 is 52.7 Å². The number of likely N-dealkylation sites (tertiary alicyclic amines) is 2. The molecule has 4 saturated heterocycles. The van der Waals surface area contributed by atoms with Crippen LogP contribution in [-0.2, 0) is 31.0 Å². The number of carbonyl (C=O) groups is 5. The Morgan fingerprint density at radius 3 is 2.03 bits per heavy atom. The van der Waals surface area contributed by atoms with Crippen molar-refractivity contribution in [2.45, 2.75) is 128 Å². The molecule has 6 heterocycles. The van der Waals surface area contributed by atoms with E-state index in [0.29, 0.717) is 53.7 Å². The van der Waals surface area contributed by atoms with E-state index in [1.807, 2.05) is 13.2 Å². The number of nitrogens with zero attached hydrogens (tertiary/aromatic N) is 10. The number of hydrogen-bond acceptors (Lipinski definition) is 14. The van der Waals surface area contributed by atoms with Crippen molar-refractivity contribution in [2.24, 2.45) is 24.8 Å². The largest absolute Gasteiger partial charge is 0.462 e. The van der Waals surface area contributed by atoms with Gasteiger partial charge in [-0.25, -0.2) is 9.78 Å². The van der Waals surface area contributed by atoms with Gasteiger partial charge in [0.1, 0.15) is 11.4 Å². The van der Waals surface area contributed by atoms with Gasteiger partial charge in [-0.05, 0) is 121 Å². The smallest absolute Gasteiger partial charge is 0.343 e. The van der Waals surface area contributed by atoms with Crippen LogP contribution in [0.4, 0.5) is 23.1 Å². The Morgan fingerprint density at radius 2 is 1.40 bits per heavy atom. The zero-order chi connectivity index (χ0) is 51.0. The molecule has 3 aromatic rings. The summed E-state index contributed by atoms with van der Waals surface area (Å²) in [5, 5.41) is 11.0. The van der Waals surface area contributed by atoms with Gasteiger partial charge in [0.05, 0.1) is 30.1 Å². The average Bonchev–Trinajstić information content (AvgIpc) is 3.83. The molecule has 18 nitrogen and oxygen atoms in total. The van der Waals surface area contributed by atoms with Crippen LogP contribution in [0.25, 0.3) is 0 Å². The number of ether oxygens (including phenoxy) is 1. The third-order valence-corrected chi connectivity index (χ3v) is 17.1. The standard InChI is InChI=1S/C55H80N12O6/c1-5-73-54(72)49-38(2)57-55(59-44-36-56-61(3)37-44)60-50(49)58-43-15-19-46(20-16-43)65-32-34-67(35-33-65)52(70)42-11-9-41(10-12-42)51(69)66-26-23-39(24-27-66)8-6-7-25-63-28-30-64(31-29-63)45-17-13-40(14-18-45)47-21-22-48(68)62(4)53(47)71/h13-14,17-18,36-37,39,41-43,46-47H,5-12,15-16,19-35H2,1-4H3,(H2,57,58,59,60). The molecule has 396 valence electrons. The lowest BCUT2D eigenvalue weighted by Crippen LogP contribution is -2.54. The van der Waals surface area contributed by atoms with E-state index >= 15 is 0 Å². The van der Waals surface area contributed by atoms with Crippen LogP contribution in [0, 0.1) is 24.7 Å². The fourth-order valence-electron chi connectivity index (χ4n) is 12.6. The third-order valence-electron chi connectivity index (χ3n) is 17.1. The van der Waals surface area contributed by atoms with Gasteiger partial charge in [0.25, 0.3) is 0 Å². The zero-order valence-electron chi connectivity index (χ0n) is 43.9. The maximum Gasteiger partial charge on any atom is 0.343 e. The SMILES string of the molecule is CCOC(=O)c1c(C)nc(Nc2cnn(C)c2)nc1NC1CCC(N2CCN(C(=O)C3CCC(C(=O)N4CCC(CCCCN5CCN(c6ccc(C7CCC(=O)N(C)C7=O)cc6)CC5)CC4)CC3)CC2)CC1. The third kappa shape index (κ3) is 12.8. The predicted octanol–water partition coefficient (Wildman–Crippen LogP) is 6.21. The van der Waals surface area contributed by atoms with Gasteiger partial charge in [-0.1, -0.05) is 25.0 Å². The number of piperidine rings is 2. The molecular weight excluding hydrogens is 925 g/mol. The number of amides is 4. The maximum absolute atomic E-state index is 13.8. The lowest BCUT2D eigenvalue weighted by Gasteiger charge is -2.43. The van der Waals surface area contributed by atoms with Crippen LogP contribution in [0.3, 0.4) is 0 Å². The summed E-state index contributed by atoms with van der Waals surface area (Å²) < 4.78 is 7.09. The molecule has 4 aliphatic heterocycles. The molecular formula is C55H80N12O6. The highest BCUT2D eigenvalue weighted by molar-refractivity contribution is 6.00. The summed E-state index contributed by atoms with van der Waals surface area (Å²) in [5.74, 6) is 1.38. The molecule has 0 radical (unpaired) electrons. The summed E-state index contributed by atoms with van der Waals surface area (Å²) in [6.45, 7) is 14.1. The first-order chi connectivity index (χ1) is 35.4. The summed E-state index contributed by atoms with van der Waals surface area (Å²) in [7, 11) is 3.43. The number of nitrogens with one attached hydrogen (secondary N) is 2. The first kappa shape index (κ1) is 52.3. The second-order valence-electron chi connectivity index (χ2n) is 21.7. The van der Waals surface area contributed by atoms with Gasteiger partial charge in [-0.3, -0.25) is 38.6 Å². The summed E-state index contributed by atoms with van der Waals surface area (Å²) in [6, 6.07) is 9.01. The van der Waals surface area contributed by atoms with E-state index in [9.17, 15) is 24.0 Å². The molecule has 1 aromatic carbocycles. The van der Waals surface area contributed by atoms with Crippen LogP contribution in [0.5, 0.6) is 0 Å². The predicted molar refractivity (Wildman–Crippen MR) is 280 cm³/mol. The van der Waals surface area contributed by atoms with Crippen molar-refractivity contribution in [2.75, 3.05) is 101 Å². The maximum atomic E-state index is 13.8. The summed E-state index contributed by atoms with van der Waals surface area (Å²) in [5.41, 5.74) is 3.86. The zero-order valence-corrected chi connectivity index (χ0v) is 43.9. The number of aryl methyl sites for hydroxylation is 2. The van der Waals surface area contributed by atoms with Crippen molar-refractivity contribution in [1.29, 1.82) is 0 Å². The summed E-state index contributed by atoms with van der Waals surface area (Å²) >= 11 is 0. The monoisotopic (exact) mass is 1000 g/mol. The number of esters is 1. The Morgan fingerprint density at radius 1 is 0.740 bits per heavy atom. The van der Waals surface area contributed by atoms with E-state index < -0.39 is 5.97 Å². The molecule has 6 fully saturated rings. The minimum absolute atomic E-state index is 0.0208. The van der Waals surface area contributed by atoms with E-state index in [1.54, 1.807) is 31.8 Å². The van der Waals surface area contributed by atoms with E-state index in [0.717, 1.165) is 147 Å². The Bertz CT molecular complexity index is 2370. The van der Waals surface area contributed by atoms with Gasteiger partial charge >= 0.3 is 5.97 Å². The highest BCUT2D eigenvalue weighted by atomic mass is 16.5. The summed E-state index contributed by atoms with van der Waals surface area (Å²) in [4.78, 5) is 87.5. The fraction of sp³-hybridized carbons (Fsp3) is 0.673. The number of imide groups is 1. The van der Waals surface area contributed by atoms with Crippen molar-refractivity contribution in [1.82, 2.24) is 44.2 Å². The molecule has 1 unspecified atom stereocenters. The van der Waals surface area contributed by atoms with Gasteiger partial charge in [-0.2, -0.15) is 10.1 Å². The number of hydrogen-bond donors (Lipinski definition) is 2. The second-order valence-corrected chi connectivity index (χ2v) is 21.7. The lowest BCUT2D eigenvalue weighted by molar-refractivity contribution is -0.147. The van der Waals surface area contributed by atoms with Crippen molar-refractivity contribution in [3.05, 3.63) is 53.5 Å². The molecule has 0 spiro atoms. The molecule has 73 heavy (non-hydrogen) atoms. The number of likely N-dealkylation sites (N-methyl/N-ethyl adjacent to an activating group) is 1. The van der Waals surface area contributed by atoms with Crippen LogP contribution in [0.1, 0.15) is 131 Å². The summed E-state index contributed by atoms with van der Waals surface area (Å²) in [6.07, 6.45) is 17.6. The Kier molecular flexibility index (Phi) is 17.3. The number of anilines is 4. The molecule has 2 N–H and O–H groups in total. The van der Waals surface area contributed by atoms with Crippen LogP contribution < -0.4 is 15.5 Å². The van der Waals surface area contributed by atoms with E-state index in [2.05, 4.69) is 69.5 Å². The van der Waals surface area contributed by atoms with Gasteiger partial charge in [0.2, 0.25) is 29.6 Å². The van der Waals surface area contributed by atoms with Gasteiger partial charge < -0.3 is 30.1 Å². The normalized spacial score (nSPS) is 25.0. The van der Waals surface area contributed by atoms with Crippen LogP contribution in [0.2, 0.25) is 0 Å². The van der Waals surface area contributed by atoms with Gasteiger partial charge in [0, 0.05) is 122 Å². The van der Waals surface area contributed by atoms with E-state index in [-0.39, 0.29) is 48.1 Å². The van der Waals surface area contributed by atoms with Crippen molar-refractivity contribution < 1.29 is 28.7 Å². The van der Waals surface area contributed by atoms with Gasteiger partial charge in [-0.15, -0.1) is 0 Å². The quantitative estimate of drug-likeness (QED) is 0.0940. The highest BCUT2D eigenvalue weighted by Gasteiger charge is 2.38. The average molecular weight is 1010 g/mol. The van der Waals surface area contributed by atoms with Crippen LogP contribution >= 0.6 is 0 Å². The number of aromatic nitrogens is 4. The number of piperazine rings is 2. The van der Waals surface area contributed by atoms with Crippen LogP contribution in [0.15, 0.2) is 36.7 Å². The van der Waals surface area contributed by atoms with E-state index in [1.165, 1.54) is 29.8 Å². The molecule has 2 saturated carbocycles. The number of unbranched alkanes of at least 4 members (excludes halogenated alkanes) is 1. The molecule has 1 atom stereocenters. The van der Waals surface area contributed by atoms with E-state index in [4.69, 9.17) is 9.72 Å². The van der Waals surface area contributed by atoms with Crippen molar-refractivity contribution in [3.63, 3.8) is 0 Å². The molecule has 2 aromatic heterocycles. The minimum atomic E-state index is -0.433. The molecule has 2 aliphatic carbocycles. The minimum Gasteiger partial charge on any atom is -0.462 e. The van der Waals surface area contributed by atoms with Gasteiger partial charge in [0.15, 0.2) is 0 Å². The number of rotatable bonds is 16. The van der Waals surface area contributed by atoms with Crippen molar-refractivity contribution in [3.8, 4) is 0 Å². The first-order valence-electron chi connectivity index (χ1n) is 27.7. The Balaban J connectivity index is 0.627. The fourth-order valence-corrected chi connectivity index (χ4v) is 12.6. The first-order valence-corrected chi connectivity index (χ1v) is 27.7. The second kappa shape index (κ2) is 24.2. The lowest BCUT2D eigenvalue weighted by atomic mass is 9.80. The number of benzene rings is 1. The Hall–Kier alpha value is -5.62. The Labute approximate surface area is 431 Å². The molecule has 6 aliphatic rings. The molecule has 0 bridgehead atoms. The molecule has 9 rings (SSSR count). The molecule has 4 amide bonds. The van der Waals surface area contributed by atoms with Crippen LogP contribution in [-0.4, -0.2) is 172 Å². The number of carbonyl (C=O) groups excluding carboxylic acids is 5.